The molecule has 22 heavy (non-hydrogen) atoms. The Balaban J connectivity index is 2.28. The van der Waals surface area contributed by atoms with E-state index in [0.29, 0.717) is 11.5 Å². The Morgan fingerprint density at radius 1 is 1.14 bits per heavy atom. The van der Waals surface area contributed by atoms with Gasteiger partial charge in [0.1, 0.15) is 5.82 Å². The molecule has 4 nitrogen and oxygen atoms in total. The van der Waals surface area contributed by atoms with Crippen molar-refractivity contribution >= 4 is 17.5 Å². The van der Waals surface area contributed by atoms with Crippen molar-refractivity contribution in [3.63, 3.8) is 0 Å². The molecule has 0 aliphatic rings. The van der Waals surface area contributed by atoms with Gasteiger partial charge >= 0.3 is 0 Å². The van der Waals surface area contributed by atoms with Gasteiger partial charge in [-0.2, -0.15) is 4.98 Å². The summed E-state index contributed by atoms with van der Waals surface area (Å²) < 4.78 is 39.8. The van der Waals surface area contributed by atoms with Crippen molar-refractivity contribution in [3.8, 4) is 0 Å². The van der Waals surface area contributed by atoms with Crippen LogP contribution < -0.4 is 10.6 Å². The molecule has 1 aromatic heterocycles. The zero-order chi connectivity index (χ0) is 16.3. The highest BCUT2D eigenvalue weighted by atomic mass is 19.2. The van der Waals surface area contributed by atoms with Crippen LogP contribution in [0.5, 0.6) is 0 Å². The molecule has 1 unspecified atom stereocenters. The zero-order valence-corrected chi connectivity index (χ0v) is 12.5. The summed E-state index contributed by atoms with van der Waals surface area (Å²) in [6.45, 7) is 5.79. The maximum absolute atomic E-state index is 13.7. The van der Waals surface area contributed by atoms with Crippen molar-refractivity contribution in [2.24, 2.45) is 0 Å². The van der Waals surface area contributed by atoms with Crippen LogP contribution in [-0.2, 0) is 0 Å². The summed E-state index contributed by atoms with van der Waals surface area (Å²) in [7, 11) is 0. The SMILES string of the molecule is CCC(C)Nc1cc(C)nc(Nc2ccc(F)c(F)c2F)n1. The summed E-state index contributed by atoms with van der Waals surface area (Å²) in [5, 5.41) is 5.74. The minimum absolute atomic E-state index is 0.107. The lowest BCUT2D eigenvalue weighted by molar-refractivity contribution is 0.449. The molecule has 118 valence electrons. The van der Waals surface area contributed by atoms with Crippen LogP contribution >= 0.6 is 0 Å². The van der Waals surface area contributed by atoms with Gasteiger partial charge < -0.3 is 10.6 Å². The summed E-state index contributed by atoms with van der Waals surface area (Å²) in [6.07, 6.45) is 0.906. The third kappa shape index (κ3) is 3.66. The van der Waals surface area contributed by atoms with Gasteiger partial charge in [0.15, 0.2) is 17.5 Å². The normalized spacial score (nSPS) is 12.1. The summed E-state index contributed by atoms with van der Waals surface area (Å²) >= 11 is 0. The lowest BCUT2D eigenvalue weighted by atomic mass is 10.2. The number of hydrogen-bond donors (Lipinski definition) is 2. The first-order chi connectivity index (χ1) is 10.4. The number of hydrogen-bond acceptors (Lipinski definition) is 4. The molecule has 0 amide bonds. The Kier molecular flexibility index (Phi) is 4.85. The van der Waals surface area contributed by atoms with E-state index >= 15 is 0 Å². The van der Waals surface area contributed by atoms with E-state index in [9.17, 15) is 13.2 Å². The average Bonchev–Trinajstić information content (AvgIpc) is 2.47. The van der Waals surface area contributed by atoms with Crippen LogP contribution in [-0.4, -0.2) is 16.0 Å². The van der Waals surface area contributed by atoms with E-state index in [1.165, 1.54) is 0 Å². The molecule has 2 N–H and O–H groups in total. The highest BCUT2D eigenvalue weighted by molar-refractivity contribution is 5.56. The summed E-state index contributed by atoms with van der Waals surface area (Å²) in [4.78, 5) is 8.30. The molecular formula is C15H17F3N4. The van der Waals surface area contributed by atoms with Crippen molar-refractivity contribution in [2.75, 3.05) is 10.6 Å². The standard InChI is InChI=1S/C15H17F3N4/c1-4-8(2)19-12-7-9(3)20-15(22-12)21-11-6-5-10(16)13(17)14(11)18/h5-8H,4H2,1-3H3,(H2,19,20,21,22). The highest BCUT2D eigenvalue weighted by Gasteiger charge is 2.14. The number of aromatic nitrogens is 2. The molecule has 1 aromatic carbocycles. The fourth-order valence-corrected chi connectivity index (χ4v) is 1.80. The predicted molar refractivity (Wildman–Crippen MR) is 79.7 cm³/mol. The Bertz CT molecular complexity index is 676. The van der Waals surface area contributed by atoms with Gasteiger partial charge in [-0.3, -0.25) is 0 Å². The van der Waals surface area contributed by atoms with E-state index in [4.69, 9.17) is 0 Å². The molecular weight excluding hydrogens is 293 g/mol. The topological polar surface area (TPSA) is 49.8 Å². The van der Waals surface area contributed by atoms with Crippen LogP contribution in [0.2, 0.25) is 0 Å². The molecule has 1 atom stereocenters. The predicted octanol–water partition coefficient (Wildman–Crippen LogP) is 4.16. The minimum Gasteiger partial charge on any atom is -0.367 e. The van der Waals surface area contributed by atoms with Crippen molar-refractivity contribution in [2.45, 2.75) is 33.2 Å². The first-order valence-corrected chi connectivity index (χ1v) is 6.93. The van der Waals surface area contributed by atoms with Crippen LogP contribution in [0.4, 0.5) is 30.6 Å². The van der Waals surface area contributed by atoms with Gasteiger partial charge in [-0.25, -0.2) is 18.2 Å². The lowest BCUT2D eigenvalue weighted by Gasteiger charge is -2.14. The quantitative estimate of drug-likeness (QED) is 0.814. The molecule has 0 fully saturated rings. The highest BCUT2D eigenvalue weighted by Crippen LogP contribution is 2.23. The molecule has 0 saturated heterocycles. The summed E-state index contributed by atoms with van der Waals surface area (Å²) in [5.74, 6) is -3.40. The van der Waals surface area contributed by atoms with Crippen molar-refractivity contribution in [3.05, 3.63) is 41.3 Å². The number of rotatable bonds is 5. The Hall–Kier alpha value is -2.31. The fourth-order valence-electron chi connectivity index (χ4n) is 1.80. The first-order valence-electron chi connectivity index (χ1n) is 6.93. The first kappa shape index (κ1) is 16.1. The van der Waals surface area contributed by atoms with Gasteiger partial charge in [-0.15, -0.1) is 0 Å². The number of halogens is 3. The van der Waals surface area contributed by atoms with Gasteiger partial charge in [0, 0.05) is 17.8 Å². The molecule has 0 aliphatic carbocycles. The Labute approximate surface area is 126 Å². The molecule has 0 bridgehead atoms. The summed E-state index contributed by atoms with van der Waals surface area (Å²) in [5.41, 5.74) is 0.435. The second-order valence-electron chi connectivity index (χ2n) is 5.02. The van der Waals surface area contributed by atoms with Gasteiger partial charge in [0.2, 0.25) is 5.95 Å². The van der Waals surface area contributed by atoms with E-state index in [-0.39, 0.29) is 17.7 Å². The number of benzene rings is 1. The maximum Gasteiger partial charge on any atom is 0.229 e. The average molecular weight is 310 g/mol. The minimum atomic E-state index is -1.53. The van der Waals surface area contributed by atoms with Crippen LogP contribution in [0.1, 0.15) is 26.0 Å². The molecule has 0 radical (unpaired) electrons. The van der Waals surface area contributed by atoms with Crippen LogP contribution in [0.3, 0.4) is 0 Å². The van der Waals surface area contributed by atoms with E-state index in [1.807, 2.05) is 13.8 Å². The molecule has 0 spiro atoms. The monoisotopic (exact) mass is 310 g/mol. The van der Waals surface area contributed by atoms with Gasteiger partial charge in [0.05, 0.1) is 5.69 Å². The second kappa shape index (κ2) is 6.64. The Morgan fingerprint density at radius 2 is 1.86 bits per heavy atom. The number of aryl methyl sites for hydroxylation is 1. The van der Waals surface area contributed by atoms with Crippen LogP contribution in [0, 0.1) is 24.4 Å². The number of nitrogens with zero attached hydrogens (tertiary/aromatic N) is 2. The smallest absolute Gasteiger partial charge is 0.229 e. The van der Waals surface area contributed by atoms with E-state index in [1.54, 1.807) is 13.0 Å². The molecule has 0 saturated carbocycles. The van der Waals surface area contributed by atoms with Crippen LogP contribution in [0.25, 0.3) is 0 Å². The van der Waals surface area contributed by atoms with Gasteiger partial charge in [0.25, 0.3) is 0 Å². The number of nitrogens with one attached hydrogen (secondary N) is 2. The summed E-state index contributed by atoms with van der Waals surface area (Å²) in [6, 6.07) is 3.90. The van der Waals surface area contributed by atoms with Crippen molar-refractivity contribution in [1.82, 2.24) is 9.97 Å². The van der Waals surface area contributed by atoms with Gasteiger partial charge in [-0.05, 0) is 32.4 Å². The molecule has 2 aromatic rings. The lowest BCUT2D eigenvalue weighted by Crippen LogP contribution is -2.15. The van der Waals surface area contributed by atoms with E-state index in [2.05, 4.69) is 20.6 Å². The maximum atomic E-state index is 13.7. The second-order valence-corrected chi connectivity index (χ2v) is 5.02. The van der Waals surface area contributed by atoms with Crippen LogP contribution in [0.15, 0.2) is 18.2 Å². The number of anilines is 3. The fraction of sp³-hybridized carbons (Fsp3) is 0.333. The molecule has 0 aliphatic heterocycles. The van der Waals surface area contributed by atoms with E-state index < -0.39 is 17.5 Å². The van der Waals surface area contributed by atoms with Crippen molar-refractivity contribution < 1.29 is 13.2 Å². The molecule has 1 heterocycles. The third-order valence-electron chi connectivity index (χ3n) is 3.14. The molecule has 2 rings (SSSR count). The molecule has 7 heteroatoms. The third-order valence-corrected chi connectivity index (χ3v) is 3.14. The van der Waals surface area contributed by atoms with Gasteiger partial charge in [-0.1, -0.05) is 6.92 Å². The van der Waals surface area contributed by atoms with E-state index in [0.717, 1.165) is 18.6 Å². The Morgan fingerprint density at radius 3 is 2.55 bits per heavy atom. The largest absolute Gasteiger partial charge is 0.367 e. The zero-order valence-electron chi connectivity index (χ0n) is 12.5. The van der Waals surface area contributed by atoms with Crippen molar-refractivity contribution in [1.29, 1.82) is 0 Å².